The zero-order valence-electron chi connectivity index (χ0n) is 17.2. The van der Waals surface area contributed by atoms with Gasteiger partial charge in [0, 0.05) is 17.3 Å². The van der Waals surface area contributed by atoms with Crippen LogP contribution in [-0.2, 0) is 9.59 Å². The van der Waals surface area contributed by atoms with Crippen molar-refractivity contribution in [1.82, 2.24) is 4.90 Å². The van der Waals surface area contributed by atoms with Crippen molar-refractivity contribution in [3.8, 4) is 5.75 Å². The van der Waals surface area contributed by atoms with Gasteiger partial charge in [-0.25, -0.2) is 8.78 Å². The first-order valence-electron chi connectivity index (χ1n) is 10.2. The van der Waals surface area contributed by atoms with Crippen LogP contribution in [-0.4, -0.2) is 41.7 Å². The Bertz CT molecular complexity index is 1030. The number of rotatable bonds is 5. The predicted octanol–water partition coefficient (Wildman–Crippen LogP) is 3.90. The molecule has 0 unspecified atom stereocenters. The second kappa shape index (κ2) is 8.45. The maximum atomic E-state index is 13.5. The van der Waals surface area contributed by atoms with E-state index in [4.69, 9.17) is 9.73 Å². The number of methoxy groups -OCH3 is 1. The van der Waals surface area contributed by atoms with Gasteiger partial charge in [0.05, 0.1) is 7.11 Å². The lowest BCUT2D eigenvalue weighted by Crippen LogP contribution is -2.51. The number of carbonyl (C=O) groups excluding carboxylic acids is 2. The normalized spacial score (nSPS) is 17.6. The lowest BCUT2D eigenvalue weighted by molar-refractivity contribution is -0.134. The largest absolute Gasteiger partial charge is 0.497 e. The highest BCUT2D eigenvalue weighted by atomic mass is 19.2. The third-order valence-electron chi connectivity index (χ3n) is 5.79. The Hall–Kier alpha value is -3.29. The second-order valence-corrected chi connectivity index (χ2v) is 7.80. The van der Waals surface area contributed by atoms with Crippen LogP contribution in [0.2, 0.25) is 0 Å². The predicted molar refractivity (Wildman–Crippen MR) is 112 cm³/mol. The zero-order valence-corrected chi connectivity index (χ0v) is 17.2. The Morgan fingerprint density at radius 2 is 1.81 bits per heavy atom. The Balaban J connectivity index is 1.57. The molecule has 1 saturated carbocycles. The summed E-state index contributed by atoms with van der Waals surface area (Å²) in [6.45, 7) is -0.221. The van der Waals surface area contributed by atoms with E-state index in [9.17, 15) is 18.4 Å². The minimum atomic E-state index is -1.05. The van der Waals surface area contributed by atoms with E-state index in [1.54, 1.807) is 31.4 Å². The maximum absolute atomic E-state index is 13.5. The molecular formula is C23H23F2N3O3. The quantitative estimate of drug-likeness (QED) is 0.787. The van der Waals surface area contributed by atoms with Crippen LogP contribution in [0.1, 0.15) is 37.7 Å². The van der Waals surface area contributed by atoms with Crippen LogP contribution in [0.3, 0.4) is 0 Å². The van der Waals surface area contributed by atoms with E-state index >= 15 is 0 Å². The number of nitrogens with one attached hydrogen (secondary N) is 1. The summed E-state index contributed by atoms with van der Waals surface area (Å²) in [7, 11) is 1.57. The molecule has 0 radical (unpaired) electrons. The van der Waals surface area contributed by atoms with Crippen LogP contribution in [0.4, 0.5) is 14.5 Å². The average molecular weight is 427 g/mol. The van der Waals surface area contributed by atoms with Crippen molar-refractivity contribution in [2.45, 2.75) is 37.8 Å². The molecule has 1 fully saturated rings. The molecular weight excluding hydrogens is 404 g/mol. The number of hydrogen-bond acceptors (Lipinski definition) is 4. The average Bonchev–Trinajstić information content (AvgIpc) is 3.03. The summed E-state index contributed by atoms with van der Waals surface area (Å²) in [5, 5.41) is 2.54. The number of benzene rings is 2. The standard InChI is InChI=1S/C23H23F2N3O3/c1-31-17-8-5-15(6-9-17)21-22(30)28(23(27-21)11-3-2-4-12-23)14-20(29)26-16-7-10-18(24)19(25)13-16/h5-10,13H,2-4,11-12,14H2,1H3,(H,26,29). The molecule has 31 heavy (non-hydrogen) atoms. The van der Waals surface area contributed by atoms with E-state index in [1.807, 2.05) is 0 Å². The Labute approximate surface area is 178 Å². The Morgan fingerprint density at radius 1 is 1.10 bits per heavy atom. The van der Waals surface area contributed by atoms with Gasteiger partial charge < -0.3 is 15.0 Å². The molecule has 0 aromatic heterocycles. The van der Waals surface area contributed by atoms with Gasteiger partial charge in [-0.05, 0) is 62.1 Å². The van der Waals surface area contributed by atoms with Crippen LogP contribution in [0.25, 0.3) is 0 Å². The lowest BCUT2D eigenvalue weighted by atomic mass is 9.88. The van der Waals surface area contributed by atoms with Crippen molar-refractivity contribution < 1.29 is 23.1 Å². The van der Waals surface area contributed by atoms with Gasteiger partial charge in [-0.15, -0.1) is 0 Å². The minimum absolute atomic E-state index is 0.129. The number of ether oxygens (including phenoxy) is 1. The fraction of sp³-hybridized carbons (Fsp3) is 0.348. The zero-order chi connectivity index (χ0) is 22.0. The number of anilines is 1. The SMILES string of the molecule is COc1ccc(C2=NC3(CCCCC3)N(CC(=O)Nc3ccc(F)c(F)c3)C2=O)cc1. The molecule has 2 aromatic rings. The van der Waals surface area contributed by atoms with Crippen molar-refractivity contribution in [2.24, 2.45) is 4.99 Å². The summed E-state index contributed by atoms with van der Waals surface area (Å²) in [5.74, 6) is -2.18. The number of carbonyl (C=O) groups is 2. The maximum Gasteiger partial charge on any atom is 0.275 e. The van der Waals surface area contributed by atoms with Gasteiger partial charge in [0.15, 0.2) is 11.6 Å². The van der Waals surface area contributed by atoms with Crippen LogP contribution in [0, 0.1) is 11.6 Å². The van der Waals surface area contributed by atoms with Crippen LogP contribution in [0.15, 0.2) is 47.5 Å². The highest BCUT2D eigenvalue weighted by Crippen LogP contribution is 2.39. The highest BCUT2D eigenvalue weighted by Gasteiger charge is 2.48. The van der Waals surface area contributed by atoms with E-state index < -0.39 is 23.2 Å². The monoisotopic (exact) mass is 427 g/mol. The smallest absolute Gasteiger partial charge is 0.275 e. The molecule has 1 spiro atoms. The van der Waals surface area contributed by atoms with Gasteiger partial charge in [-0.1, -0.05) is 6.42 Å². The Morgan fingerprint density at radius 3 is 2.45 bits per heavy atom. The molecule has 1 N–H and O–H groups in total. The lowest BCUT2D eigenvalue weighted by Gasteiger charge is -2.38. The molecule has 2 aliphatic rings. The summed E-state index contributed by atoms with van der Waals surface area (Å²) >= 11 is 0. The molecule has 6 nitrogen and oxygen atoms in total. The molecule has 2 aromatic carbocycles. The molecule has 8 heteroatoms. The van der Waals surface area contributed by atoms with E-state index in [0.29, 0.717) is 29.9 Å². The fourth-order valence-corrected chi connectivity index (χ4v) is 4.21. The minimum Gasteiger partial charge on any atom is -0.497 e. The van der Waals surface area contributed by atoms with Crippen molar-refractivity contribution >= 4 is 23.2 Å². The number of nitrogens with zero attached hydrogens (tertiary/aromatic N) is 2. The number of halogens is 2. The summed E-state index contributed by atoms with van der Waals surface area (Å²) in [4.78, 5) is 32.3. The van der Waals surface area contributed by atoms with Gasteiger partial charge in [0.1, 0.15) is 23.7 Å². The third-order valence-corrected chi connectivity index (χ3v) is 5.79. The second-order valence-electron chi connectivity index (χ2n) is 7.80. The summed E-state index contributed by atoms with van der Waals surface area (Å²) < 4.78 is 31.8. The van der Waals surface area contributed by atoms with Crippen molar-refractivity contribution in [2.75, 3.05) is 19.0 Å². The third kappa shape index (κ3) is 4.15. The van der Waals surface area contributed by atoms with E-state index in [0.717, 1.165) is 31.4 Å². The van der Waals surface area contributed by atoms with E-state index in [-0.39, 0.29) is 18.1 Å². The molecule has 162 valence electrons. The van der Waals surface area contributed by atoms with Crippen molar-refractivity contribution in [1.29, 1.82) is 0 Å². The fourth-order valence-electron chi connectivity index (χ4n) is 4.21. The number of hydrogen-bond donors (Lipinski definition) is 1. The molecule has 1 heterocycles. The van der Waals surface area contributed by atoms with Crippen molar-refractivity contribution in [3.05, 3.63) is 59.7 Å². The summed E-state index contributed by atoms with van der Waals surface area (Å²) in [6.07, 6.45) is 4.23. The van der Waals surface area contributed by atoms with E-state index in [2.05, 4.69) is 5.32 Å². The van der Waals surface area contributed by atoms with Gasteiger partial charge in [0.2, 0.25) is 5.91 Å². The van der Waals surface area contributed by atoms with Gasteiger partial charge >= 0.3 is 0 Å². The first-order valence-corrected chi connectivity index (χ1v) is 10.2. The number of amides is 2. The molecule has 0 saturated heterocycles. The van der Waals surface area contributed by atoms with Crippen LogP contribution < -0.4 is 10.1 Å². The van der Waals surface area contributed by atoms with Gasteiger partial charge in [-0.2, -0.15) is 0 Å². The van der Waals surface area contributed by atoms with Crippen LogP contribution in [0.5, 0.6) is 5.75 Å². The summed E-state index contributed by atoms with van der Waals surface area (Å²) in [5.41, 5.74) is 0.365. The number of aliphatic imine (C=N–C) groups is 1. The molecule has 0 atom stereocenters. The molecule has 1 aliphatic heterocycles. The topological polar surface area (TPSA) is 71.0 Å². The van der Waals surface area contributed by atoms with Crippen molar-refractivity contribution in [3.63, 3.8) is 0 Å². The van der Waals surface area contributed by atoms with Gasteiger partial charge in [-0.3, -0.25) is 14.6 Å². The molecule has 0 bridgehead atoms. The van der Waals surface area contributed by atoms with E-state index in [1.165, 1.54) is 11.0 Å². The van der Waals surface area contributed by atoms with Crippen LogP contribution >= 0.6 is 0 Å². The summed E-state index contributed by atoms with van der Waals surface area (Å²) in [6, 6.07) is 10.2. The first-order chi connectivity index (χ1) is 14.9. The molecule has 1 aliphatic carbocycles. The molecule has 4 rings (SSSR count). The first kappa shape index (κ1) is 21.0. The van der Waals surface area contributed by atoms with Gasteiger partial charge in [0.25, 0.3) is 5.91 Å². The highest BCUT2D eigenvalue weighted by molar-refractivity contribution is 6.47. The molecule has 2 amide bonds. The Kier molecular flexibility index (Phi) is 5.71.